The Labute approximate surface area is 128 Å². The van der Waals surface area contributed by atoms with Gasteiger partial charge in [-0.1, -0.05) is 42.1 Å². The van der Waals surface area contributed by atoms with Gasteiger partial charge in [0, 0.05) is 19.2 Å². The molecule has 0 bridgehead atoms. The predicted molar refractivity (Wildman–Crippen MR) is 83.1 cm³/mol. The number of carbonyl (C=O) groups is 1. The molecule has 0 radical (unpaired) electrons. The Morgan fingerprint density at radius 2 is 2.00 bits per heavy atom. The van der Waals surface area contributed by atoms with Crippen molar-refractivity contribution in [3.8, 4) is 11.3 Å². The van der Waals surface area contributed by atoms with Crippen LogP contribution in [0.3, 0.4) is 0 Å². The summed E-state index contributed by atoms with van der Waals surface area (Å²) in [6.45, 7) is 1.04. The average molecular weight is 303 g/mol. The molecule has 1 aromatic heterocycles. The minimum Gasteiger partial charge on any atom is -0.383 e. The maximum absolute atomic E-state index is 11.5. The Hall–Kier alpha value is -1.92. The van der Waals surface area contributed by atoms with Gasteiger partial charge in [0.15, 0.2) is 0 Å². The number of aromatic nitrogens is 2. The highest BCUT2D eigenvalue weighted by atomic mass is 32.2. The van der Waals surface area contributed by atoms with Gasteiger partial charge in [0.05, 0.1) is 18.1 Å². The van der Waals surface area contributed by atoms with Crippen LogP contribution >= 0.6 is 11.8 Å². The number of hydrogen-bond donors (Lipinski definition) is 1. The van der Waals surface area contributed by atoms with Gasteiger partial charge in [-0.15, -0.1) is 10.2 Å². The quantitative estimate of drug-likeness (QED) is 0.626. The zero-order valence-corrected chi connectivity index (χ0v) is 12.6. The third kappa shape index (κ3) is 5.17. The molecule has 0 spiro atoms. The fourth-order valence-corrected chi connectivity index (χ4v) is 2.29. The van der Waals surface area contributed by atoms with Crippen molar-refractivity contribution in [2.45, 2.75) is 5.03 Å². The molecule has 0 fully saturated rings. The molecule has 1 aromatic carbocycles. The van der Waals surface area contributed by atoms with E-state index < -0.39 is 0 Å². The van der Waals surface area contributed by atoms with Crippen molar-refractivity contribution in [3.05, 3.63) is 42.5 Å². The van der Waals surface area contributed by atoms with E-state index in [4.69, 9.17) is 4.74 Å². The van der Waals surface area contributed by atoms with E-state index >= 15 is 0 Å². The van der Waals surface area contributed by atoms with E-state index in [0.717, 1.165) is 16.3 Å². The lowest BCUT2D eigenvalue weighted by Crippen LogP contribution is -2.28. The van der Waals surface area contributed by atoms with Gasteiger partial charge in [-0.3, -0.25) is 4.79 Å². The summed E-state index contributed by atoms with van der Waals surface area (Å²) in [5.74, 6) is 0.286. The molecule has 2 aromatic rings. The van der Waals surface area contributed by atoms with Crippen LogP contribution in [-0.4, -0.2) is 42.1 Å². The second-order valence-electron chi connectivity index (χ2n) is 4.25. The van der Waals surface area contributed by atoms with Crippen LogP contribution in [0.1, 0.15) is 0 Å². The van der Waals surface area contributed by atoms with Crippen LogP contribution in [0.15, 0.2) is 47.5 Å². The number of benzene rings is 1. The smallest absolute Gasteiger partial charge is 0.230 e. The molecule has 0 atom stereocenters. The normalized spacial score (nSPS) is 10.3. The molecule has 0 saturated heterocycles. The van der Waals surface area contributed by atoms with Gasteiger partial charge in [0.25, 0.3) is 0 Å². The SMILES string of the molecule is COCCNC(=O)CSc1ccc(-c2ccccc2)nn1. The molecule has 21 heavy (non-hydrogen) atoms. The largest absolute Gasteiger partial charge is 0.383 e. The van der Waals surface area contributed by atoms with Crippen LogP contribution in [0.4, 0.5) is 0 Å². The van der Waals surface area contributed by atoms with E-state index in [1.54, 1.807) is 7.11 Å². The lowest BCUT2D eigenvalue weighted by Gasteiger charge is -2.04. The molecule has 0 saturated carbocycles. The summed E-state index contributed by atoms with van der Waals surface area (Å²) in [4.78, 5) is 11.5. The number of carbonyl (C=O) groups excluding carboxylic acids is 1. The second-order valence-corrected chi connectivity index (χ2v) is 5.25. The third-order valence-corrected chi connectivity index (χ3v) is 3.61. The van der Waals surface area contributed by atoms with Gasteiger partial charge < -0.3 is 10.1 Å². The first-order valence-corrected chi connectivity index (χ1v) is 7.56. The molecule has 1 heterocycles. The van der Waals surface area contributed by atoms with Crippen LogP contribution in [0.5, 0.6) is 0 Å². The lowest BCUT2D eigenvalue weighted by molar-refractivity contribution is -0.118. The Morgan fingerprint density at radius 1 is 1.19 bits per heavy atom. The first-order chi connectivity index (χ1) is 10.3. The maximum atomic E-state index is 11.5. The zero-order valence-electron chi connectivity index (χ0n) is 11.8. The van der Waals surface area contributed by atoms with Crippen molar-refractivity contribution >= 4 is 17.7 Å². The molecular formula is C15H17N3O2S. The van der Waals surface area contributed by atoms with E-state index in [1.807, 2.05) is 42.5 Å². The summed E-state index contributed by atoms with van der Waals surface area (Å²) in [6, 6.07) is 13.6. The van der Waals surface area contributed by atoms with E-state index in [0.29, 0.717) is 18.9 Å². The molecule has 0 aliphatic heterocycles. The summed E-state index contributed by atoms with van der Waals surface area (Å²) in [5, 5.41) is 11.8. The van der Waals surface area contributed by atoms with E-state index in [9.17, 15) is 4.79 Å². The molecule has 1 amide bonds. The lowest BCUT2D eigenvalue weighted by atomic mass is 10.1. The third-order valence-electron chi connectivity index (χ3n) is 2.69. The predicted octanol–water partition coefficient (Wildman–Crippen LogP) is 2.00. The number of ether oxygens (including phenoxy) is 1. The number of methoxy groups -OCH3 is 1. The van der Waals surface area contributed by atoms with Crippen molar-refractivity contribution in [1.29, 1.82) is 0 Å². The molecule has 0 unspecified atom stereocenters. The van der Waals surface area contributed by atoms with Gasteiger partial charge in [0.2, 0.25) is 5.91 Å². The number of hydrogen-bond acceptors (Lipinski definition) is 5. The van der Waals surface area contributed by atoms with Crippen molar-refractivity contribution in [3.63, 3.8) is 0 Å². The highest BCUT2D eigenvalue weighted by molar-refractivity contribution is 7.99. The van der Waals surface area contributed by atoms with Gasteiger partial charge in [-0.05, 0) is 12.1 Å². The van der Waals surface area contributed by atoms with Crippen molar-refractivity contribution < 1.29 is 9.53 Å². The number of amides is 1. The molecular weight excluding hydrogens is 286 g/mol. The average Bonchev–Trinajstić information content (AvgIpc) is 2.54. The van der Waals surface area contributed by atoms with Crippen molar-refractivity contribution in [2.75, 3.05) is 26.0 Å². The monoisotopic (exact) mass is 303 g/mol. The highest BCUT2D eigenvalue weighted by Crippen LogP contribution is 2.19. The van der Waals surface area contributed by atoms with Crippen LogP contribution in [0.25, 0.3) is 11.3 Å². The van der Waals surface area contributed by atoms with E-state index in [-0.39, 0.29) is 5.91 Å². The Morgan fingerprint density at radius 3 is 2.67 bits per heavy atom. The molecule has 0 aliphatic rings. The van der Waals surface area contributed by atoms with E-state index in [1.165, 1.54) is 11.8 Å². The van der Waals surface area contributed by atoms with Crippen LogP contribution in [-0.2, 0) is 9.53 Å². The second kappa shape index (κ2) is 8.39. The summed E-state index contributed by atoms with van der Waals surface area (Å²) < 4.78 is 4.87. The fourth-order valence-electron chi connectivity index (χ4n) is 1.64. The first-order valence-electron chi connectivity index (χ1n) is 6.57. The summed E-state index contributed by atoms with van der Waals surface area (Å²) in [5.41, 5.74) is 1.85. The maximum Gasteiger partial charge on any atom is 0.230 e. The fraction of sp³-hybridized carbons (Fsp3) is 0.267. The molecule has 110 valence electrons. The molecule has 1 N–H and O–H groups in total. The van der Waals surface area contributed by atoms with Crippen LogP contribution in [0, 0.1) is 0 Å². The zero-order chi connectivity index (χ0) is 14.9. The van der Waals surface area contributed by atoms with Gasteiger partial charge >= 0.3 is 0 Å². The van der Waals surface area contributed by atoms with E-state index in [2.05, 4.69) is 15.5 Å². The Balaban J connectivity index is 1.84. The molecule has 2 rings (SSSR count). The number of rotatable bonds is 7. The van der Waals surface area contributed by atoms with Gasteiger partial charge in [-0.25, -0.2) is 0 Å². The summed E-state index contributed by atoms with van der Waals surface area (Å²) in [6.07, 6.45) is 0. The molecule has 5 nitrogen and oxygen atoms in total. The first kappa shape index (κ1) is 15.5. The number of thioether (sulfide) groups is 1. The van der Waals surface area contributed by atoms with Gasteiger partial charge in [0.1, 0.15) is 5.03 Å². The standard InChI is InChI=1S/C15H17N3O2S/c1-20-10-9-16-14(19)11-21-15-8-7-13(17-18-15)12-5-3-2-4-6-12/h2-8H,9-11H2,1H3,(H,16,19). The summed E-state index contributed by atoms with van der Waals surface area (Å²) >= 11 is 1.36. The Bertz CT molecular complexity index is 561. The number of nitrogens with zero attached hydrogens (tertiary/aromatic N) is 2. The minimum atomic E-state index is -0.0361. The number of nitrogens with one attached hydrogen (secondary N) is 1. The summed E-state index contributed by atoms with van der Waals surface area (Å²) in [7, 11) is 1.60. The molecule has 6 heteroatoms. The van der Waals surface area contributed by atoms with Crippen molar-refractivity contribution in [1.82, 2.24) is 15.5 Å². The van der Waals surface area contributed by atoms with Crippen molar-refractivity contribution in [2.24, 2.45) is 0 Å². The minimum absolute atomic E-state index is 0.0361. The molecule has 0 aliphatic carbocycles. The van der Waals surface area contributed by atoms with Crippen LogP contribution < -0.4 is 5.32 Å². The Kier molecular flexibility index (Phi) is 6.18. The van der Waals surface area contributed by atoms with Crippen LogP contribution in [0.2, 0.25) is 0 Å². The van der Waals surface area contributed by atoms with Gasteiger partial charge in [-0.2, -0.15) is 0 Å². The highest BCUT2D eigenvalue weighted by Gasteiger charge is 2.05. The topological polar surface area (TPSA) is 64.1 Å².